The number of halogens is 3. The standard InChI is InChI=1S/C16H16ClF2NO/c1-9-4-2-3-5-10(9)12(8-20)16(21)11-6-15(19)13(17)7-14(11)18/h2-7,12,16,21H,8,20H2,1H3. The summed E-state index contributed by atoms with van der Waals surface area (Å²) in [5.74, 6) is -2.05. The molecule has 3 N–H and O–H groups in total. The predicted molar refractivity (Wildman–Crippen MR) is 79.3 cm³/mol. The van der Waals surface area contributed by atoms with Crippen molar-refractivity contribution in [1.82, 2.24) is 0 Å². The average Bonchev–Trinajstić information content (AvgIpc) is 2.45. The summed E-state index contributed by atoms with van der Waals surface area (Å²) in [6, 6.07) is 9.16. The molecular formula is C16H16ClF2NO. The van der Waals surface area contributed by atoms with Crippen LogP contribution in [-0.2, 0) is 0 Å². The molecule has 0 aliphatic rings. The van der Waals surface area contributed by atoms with E-state index in [1.807, 2.05) is 31.2 Å². The summed E-state index contributed by atoms with van der Waals surface area (Å²) in [5.41, 5.74) is 7.32. The minimum Gasteiger partial charge on any atom is -0.388 e. The lowest BCUT2D eigenvalue weighted by atomic mass is 9.86. The number of rotatable bonds is 4. The van der Waals surface area contributed by atoms with Gasteiger partial charge in [-0.25, -0.2) is 8.78 Å². The van der Waals surface area contributed by atoms with Crippen LogP contribution in [0.1, 0.15) is 28.7 Å². The highest BCUT2D eigenvalue weighted by molar-refractivity contribution is 6.30. The average molecular weight is 312 g/mol. The van der Waals surface area contributed by atoms with Gasteiger partial charge in [-0.15, -0.1) is 0 Å². The Morgan fingerprint density at radius 3 is 2.43 bits per heavy atom. The molecule has 0 heterocycles. The molecule has 2 rings (SSSR count). The molecule has 0 bridgehead atoms. The summed E-state index contributed by atoms with van der Waals surface area (Å²) >= 11 is 5.52. The van der Waals surface area contributed by atoms with Crippen molar-refractivity contribution in [1.29, 1.82) is 0 Å². The Hall–Kier alpha value is -1.49. The van der Waals surface area contributed by atoms with E-state index in [1.165, 1.54) is 0 Å². The minimum absolute atomic E-state index is 0.107. The summed E-state index contributed by atoms with van der Waals surface area (Å²) in [7, 11) is 0. The van der Waals surface area contributed by atoms with Crippen LogP contribution in [-0.4, -0.2) is 11.7 Å². The van der Waals surface area contributed by atoms with Gasteiger partial charge in [0.25, 0.3) is 0 Å². The lowest BCUT2D eigenvalue weighted by molar-refractivity contribution is 0.142. The number of hydrogen-bond acceptors (Lipinski definition) is 2. The molecule has 0 amide bonds. The maximum absolute atomic E-state index is 13.9. The summed E-state index contributed by atoms with van der Waals surface area (Å²) in [6.45, 7) is 1.99. The van der Waals surface area contributed by atoms with E-state index in [0.29, 0.717) is 0 Å². The molecule has 0 aliphatic carbocycles. The number of nitrogens with two attached hydrogens (primary N) is 1. The van der Waals surface area contributed by atoms with Crippen molar-refractivity contribution in [2.24, 2.45) is 5.73 Å². The van der Waals surface area contributed by atoms with Gasteiger partial charge in [-0.2, -0.15) is 0 Å². The second kappa shape index (κ2) is 6.52. The molecule has 0 aliphatic heterocycles. The Morgan fingerprint density at radius 2 is 1.81 bits per heavy atom. The van der Waals surface area contributed by atoms with Crippen LogP contribution in [0.25, 0.3) is 0 Å². The first-order valence-corrected chi connectivity index (χ1v) is 6.91. The van der Waals surface area contributed by atoms with E-state index in [0.717, 1.165) is 23.3 Å². The van der Waals surface area contributed by atoms with E-state index in [9.17, 15) is 13.9 Å². The van der Waals surface area contributed by atoms with Gasteiger partial charge in [0.15, 0.2) is 0 Å². The first kappa shape index (κ1) is 15.9. The third-order valence-corrected chi connectivity index (χ3v) is 3.87. The third kappa shape index (κ3) is 3.23. The van der Waals surface area contributed by atoms with Gasteiger partial charge < -0.3 is 10.8 Å². The molecule has 112 valence electrons. The fraction of sp³-hybridized carbons (Fsp3) is 0.250. The third-order valence-electron chi connectivity index (χ3n) is 3.58. The lowest BCUT2D eigenvalue weighted by Gasteiger charge is -2.24. The molecule has 5 heteroatoms. The molecule has 2 aromatic rings. The second-order valence-electron chi connectivity index (χ2n) is 4.93. The van der Waals surface area contributed by atoms with Crippen molar-refractivity contribution < 1.29 is 13.9 Å². The monoisotopic (exact) mass is 311 g/mol. The van der Waals surface area contributed by atoms with Crippen LogP contribution in [0.3, 0.4) is 0 Å². The van der Waals surface area contributed by atoms with E-state index in [1.54, 1.807) is 0 Å². The summed E-state index contributed by atoms with van der Waals surface area (Å²) in [5, 5.41) is 10.1. The van der Waals surface area contributed by atoms with Gasteiger partial charge >= 0.3 is 0 Å². The smallest absolute Gasteiger partial charge is 0.142 e. The molecule has 21 heavy (non-hydrogen) atoms. The van der Waals surface area contributed by atoms with Crippen molar-refractivity contribution in [3.63, 3.8) is 0 Å². The summed E-state index contributed by atoms with van der Waals surface area (Å²) in [4.78, 5) is 0. The maximum atomic E-state index is 13.9. The number of benzene rings is 2. The number of aliphatic hydroxyl groups is 1. The van der Waals surface area contributed by atoms with Gasteiger partial charge in [0.05, 0.1) is 11.1 Å². The molecule has 2 aromatic carbocycles. The number of hydrogen-bond donors (Lipinski definition) is 2. The van der Waals surface area contributed by atoms with E-state index in [4.69, 9.17) is 17.3 Å². The molecule has 0 saturated carbocycles. The fourth-order valence-corrected chi connectivity index (χ4v) is 2.56. The van der Waals surface area contributed by atoms with Gasteiger partial charge in [0.2, 0.25) is 0 Å². The fourth-order valence-electron chi connectivity index (χ4n) is 2.41. The highest BCUT2D eigenvalue weighted by Crippen LogP contribution is 2.34. The van der Waals surface area contributed by atoms with E-state index in [-0.39, 0.29) is 17.1 Å². The Kier molecular flexibility index (Phi) is 4.93. The van der Waals surface area contributed by atoms with Crippen molar-refractivity contribution in [3.05, 3.63) is 69.7 Å². The highest BCUT2D eigenvalue weighted by Gasteiger charge is 2.26. The molecule has 2 unspecified atom stereocenters. The van der Waals surface area contributed by atoms with Crippen molar-refractivity contribution in [2.45, 2.75) is 18.9 Å². The maximum Gasteiger partial charge on any atom is 0.142 e. The number of aliphatic hydroxyl groups excluding tert-OH is 1. The quantitative estimate of drug-likeness (QED) is 0.846. The van der Waals surface area contributed by atoms with E-state index >= 15 is 0 Å². The van der Waals surface area contributed by atoms with Gasteiger partial charge in [0, 0.05) is 18.0 Å². The molecule has 0 radical (unpaired) electrons. The van der Waals surface area contributed by atoms with E-state index < -0.39 is 23.7 Å². The topological polar surface area (TPSA) is 46.2 Å². The highest BCUT2D eigenvalue weighted by atomic mass is 35.5. The van der Waals surface area contributed by atoms with Crippen LogP contribution in [0, 0.1) is 18.6 Å². The largest absolute Gasteiger partial charge is 0.388 e. The predicted octanol–water partition coefficient (Wildman–Crippen LogP) is 3.70. The lowest BCUT2D eigenvalue weighted by Crippen LogP contribution is -2.22. The van der Waals surface area contributed by atoms with Crippen LogP contribution in [0.2, 0.25) is 5.02 Å². The van der Waals surface area contributed by atoms with Crippen molar-refractivity contribution in [3.8, 4) is 0 Å². The zero-order valence-electron chi connectivity index (χ0n) is 11.5. The molecule has 0 fully saturated rings. The van der Waals surface area contributed by atoms with Crippen LogP contribution in [0.4, 0.5) is 8.78 Å². The Labute approximate surface area is 127 Å². The van der Waals surface area contributed by atoms with Crippen LogP contribution >= 0.6 is 11.6 Å². The van der Waals surface area contributed by atoms with Gasteiger partial charge in [-0.05, 0) is 30.2 Å². The van der Waals surface area contributed by atoms with Gasteiger partial charge in [0.1, 0.15) is 11.6 Å². The van der Waals surface area contributed by atoms with Crippen LogP contribution < -0.4 is 5.73 Å². The molecular weight excluding hydrogens is 296 g/mol. The Morgan fingerprint density at radius 1 is 1.14 bits per heavy atom. The zero-order valence-corrected chi connectivity index (χ0v) is 12.2. The SMILES string of the molecule is Cc1ccccc1C(CN)C(O)c1cc(F)c(Cl)cc1F. The second-order valence-corrected chi connectivity index (χ2v) is 5.34. The van der Waals surface area contributed by atoms with Crippen LogP contribution in [0.15, 0.2) is 36.4 Å². The molecule has 0 aromatic heterocycles. The van der Waals surface area contributed by atoms with Crippen molar-refractivity contribution >= 4 is 11.6 Å². The summed E-state index contributed by atoms with van der Waals surface area (Å²) < 4.78 is 27.5. The Balaban J connectivity index is 2.44. The molecule has 2 nitrogen and oxygen atoms in total. The first-order valence-electron chi connectivity index (χ1n) is 6.53. The zero-order chi connectivity index (χ0) is 15.6. The molecule has 0 spiro atoms. The van der Waals surface area contributed by atoms with Gasteiger partial charge in [-0.3, -0.25) is 0 Å². The normalized spacial score (nSPS) is 14.0. The summed E-state index contributed by atoms with van der Waals surface area (Å²) in [6.07, 6.45) is -1.25. The van der Waals surface area contributed by atoms with Crippen LogP contribution in [0.5, 0.6) is 0 Å². The van der Waals surface area contributed by atoms with Crippen molar-refractivity contribution in [2.75, 3.05) is 6.54 Å². The van der Waals surface area contributed by atoms with Gasteiger partial charge in [-0.1, -0.05) is 35.9 Å². The molecule has 0 saturated heterocycles. The molecule has 2 atom stereocenters. The first-order chi connectivity index (χ1) is 9.95. The van der Waals surface area contributed by atoms with E-state index in [2.05, 4.69) is 0 Å². The Bertz CT molecular complexity index is 648. The number of aryl methyl sites for hydroxylation is 1. The minimum atomic E-state index is -1.25.